The van der Waals surface area contributed by atoms with Crippen LogP contribution in [0.3, 0.4) is 0 Å². The SMILES string of the molecule is CCCCN1C(=O)C[C@H](C(=O)N[C@@H](C)CC)[C@H]1c1ccc(OC)cc1. The summed E-state index contributed by atoms with van der Waals surface area (Å²) in [5.41, 5.74) is 0.993. The van der Waals surface area contributed by atoms with Crippen molar-refractivity contribution in [1.29, 1.82) is 0 Å². The molecule has 1 aromatic rings. The van der Waals surface area contributed by atoms with Crippen molar-refractivity contribution in [3.63, 3.8) is 0 Å². The topological polar surface area (TPSA) is 58.6 Å². The second kappa shape index (κ2) is 8.88. The Hall–Kier alpha value is -2.04. The molecule has 0 spiro atoms. The molecule has 1 N–H and O–H groups in total. The molecule has 1 aliphatic rings. The summed E-state index contributed by atoms with van der Waals surface area (Å²) < 4.78 is 5.23. The molecule has 0 bridgehead atoms. The van der Waals surface area contributed by atoms with Crippen LogP contribution in [0.25, 0.3) is 0 Å². The zero-order chi connectivity index (χ0) is 18.4. The number of amides is 2. The van der Waals surface area contributed by atoms with Crippen molar-refractivity contribution in [2.45, 2.75) is 58.5 Å². The van der Waals surface area contributed by atoms with Crippen molar-refractivity contribution in [3.8, 4) is 5.75 Å². The molecule has 0 radical (unpaired) electrons. The lowest BCUT2D eigenvalue weighted by molar-refractivity contribution is -0.129. The molecule has 5 heteroatoms. The standard InChI is InChI=1S/C20H30N2O3/c1-5-7-12-22-18(23)13-17(20(24)21-14(3)6-2)19(22)15-8-10-16(25-4)11-9-15/h8-11,14,17,19H,5-7,12-13H2,1-4H3,(H,21,24)/t14-,17-,19+/m0/s1. The first-order chi connectivity index (χ1) is 12.0. The van der Waals surface area contributed by atoms with E-state index in [-0.39, 0.29) is 36.2 Å². The van der Waals surface area contributed by atoms with Crippen molar-refractivity contribution in [3.05, 3.63) is 29.8 Å². The molecule has 138 valence electrons. The minimum absolute atomic E-state index is 0.0254. The zero-order valence-electron chi connectivity index (χ0n) is 15.7. The molecule has 0 unspecified atom stereocenters. The third kappa shape index (κ3) is 4.53. The molecule has 1 aliphatic heterocycles. The average Bonchev–Trinajstić information content (AvgIpc) is 2.96. The van der Waals surface area contributed by atoms with Crippen LogP contribution >= 0.6 is 0 Å². The van der Waals surface area contributed by atoms with E-state index in [1.807, 2.05) is 43.0 Å². The van der Waals surface area contributed by atoms with Gasteiger partial charge in [0.2, 0.25) is 11.8 Å². The summed E-state index contributed by atoms with van der Waals surface area (Å²) in [5, 5.41) is 3.05. The number of carbonyl (C=O) groups excluding carboxylic acids is 2. The number of hydrogen-bond donors (Lipinski definition) is 1. The van der Waals surface area contributed by atoms with Gasteiger partial charge in [-0.25, -0.2) is 0 Å². The highest BCUT2D eigenvalue weighted by molar-refractivity contribution is 5.90. The number of nitrogens with zero attached hydrogens (tertiary/aromatic N) is 1. The van der Waals surface area contributed by atoms with E-state index in [4.69, 9.17) is 4.74 Å². The smallest absolute Gasteiger partial charge is 0.226 e. The van der Waals surface area contributed by atoms with E-state index in [0.717, 1.165) is 30.6 Å². The van der Waals surface area contributed by atoms with Gasteiger partial charge in [0.1, 0.15) is 5.75 Å². The van der Waals surface area contributed by atoms with Crippen LogP contribution < -0.4 is 10.1 Å². The number of ether oxygens (including phenoxy) is 1. The van der Waals surface area contributed by atoms with Crippen molar-refractivity contribution in [2.24, 2.45) is 5.92 Å². The monoisotopic (exact) mass is 346 g/mol. The maximum absolute atomic E-state index is 12.8. The van der Waals surface area contributed by atoms with Gasteiger partial charge in [-0.05, 0) is 37.5 Å². The van der Waals surface area contributed by atoms with Crippen molar-refractivity contribution >= 4 is 11.8 Å². The number of unbranched alkanes of at least 4 members (excludes halogenated alkanes) is 1. The number of hydrogen-bond acceptors (Lipinski definition) is 3. The molecule has 1 saturated heterocycles. The normalized spacial score (nSPS) is 21.3. The highest BCUT2D eigenvalue weighted by Gasteiger charge is 2.44. The van der Waals surface area contributed by atoms with Gasteiger partial charge in [0, 0.05) is 19.0 Å². The Labute approximate surface area is 150 Å². The Bertz CT molecular complexity index is 585. The second-order valence-corrected chi connectivity index (χ2v) is 6.79. The van der Waals surface area contributed by atoms with E-state index in [1.165, 1.54) is 0 Å². The summed E-state index contributed by atoms with van der Waals surface area (Å²) in [7, 11) is 1.63. The predicted molar refractivity (Wildman–Crippen MR) is 98.4 cm³/mol. The molecule has 0 aliphatic carbocycles. The maximum atomic E-state index is 12.8. The Morgan fingerprint density at radius 1 is 1.32 bits per heavy atom. The first kappa shape index (κ1) is 19.3. The summed E-state index contributed by atoms with van der Waals surface area (Å²) in [6, 6.07) is 7.62. The van der Waals surface area contributed by atoms with E-state index in [2.05, 4.69) is 12.2 Å². The summed E-state index contributed by atoms with van der Waals surface area (Å²) in [4.78, 5) is 27.2. The number of rotatable bonds is 8. The second-order valence-electron chi connectivity index (χ2n) is 6.79. The Balaban J connectivity index is 2.29. The highest BCUT2D eigenvalue weighted by Crippen LogP contribution is 2.39. The van der Waals surface area contributed by atoms with Gasteiger partial charge >= 0.3 is 0 Å². The van der Waals surface area contributed by atoms with E-state index in [0.29, 0.717) is 6.54 Å². The Morgan fingerprint density at radius 2 is 2.00 bits per heavy atom. The maximum Gasteiger partial charge on any atom is 0.226 e. The Kier molecular flexibility index (Phi) is 6.85. The molecule has 0 aromatic heterocycles. The molecule has 25 heavy (non-hydrogen) atoms. The Morgan fingerprint density at radius 3 is 2.56 bits per heavy atom. The largest absolute Gasteiger partial charge is 0.497 e. The number of methoxy groups -OCH3 is 1. The van der Waals surface area contributed by atoms with Gasteiger partial charge in [-0.3, -0.25) is 9.59 Å². The third-order valence-corrected chi connectivity index (χ3v) is 4.98. The van der Waals surface area contributed by atoms with Gasteiger partial charge in [-0.2, -0.15) is 0 Å². The van der Waals surface area contributed by atoms with E-state index < -0.39 is 0 Å². The quantitative estimate of drug-likeness (QED) is 0.786. The van der Waals surface area contributed by atoms with Crippen molar-refractivity contribution in [1.82, 2.24) is 10.2 Å². The first-order valence-electron chi connectivity index (χ1n) is 9.25. The summed E-state index contributed by atoms with van der Waals surface area (Å²) >= 11 is 0. The average molecular weight is 346 g/mol. The molecule has 2 amide bonds. The number of nitrogens with one attached hydrogen (secondary N) is 1. The van der Waals surface area contributed by atoms with Crippen LogP contribution in [0, 0.1) is 5.92 Å². The van der Waals surface area contributed by atoms with Gasteiger partial charge in [0.15, 0.2) is 0 Å². The van der Waals surface area contributed by atoms with Crippen LogP contribution in [-0.4, -0.2) is 36.4 Å². The summed E-state index contributed by atoms with van der Waals surface area (Å²) in [5.74, 6) is 0.474. The molecule has 2 rings (SSSR count). The molecule has 1 heterocycles. The molecular formula is C20H30N2O3. The van der Waals surface area contributed by atoms with Gasteiger partial charge in [-0.15, -0.1) is 0 Å². The summed E-state index contributed by atoms with van der Waals surface area (Å²) in [6.07, 6.45) is 3.11. The molecule has 5 nitrogen and oxygen atoms in total. The molecule has 3 atom stereocenters. The number of carbonyl (C=O) groups is 2. The highest BCUT2D eigenvalue weighted by atomic mass is 16.5. The number of likely N-dealkylation sites (tertiary alicyclic amines) is 1. The number of benzene rings is 1. The van der Waals surface area contributed by atoms with E-state index in [9.17, 15) is 9.59 Å². The summed E-state index contributed by atoms with van der Waals surface area (Å²) in [6.45, 7) is 6.83. The first-order valence-corrected chi connectivity index (χ1v) is 9.25. The lowest BCUT2D eigenvalue weighted by Crippen LogP contribution is -2.39. The fourth-order valence-electron chi connectivity index (χ4n) is 3.28. The molecule has 1 fully saturated rings. The molecular weight excluding hydrogens is 316 g/mol. The van der Waals surface area contributed by atoms with Crippen LogP contribution in [0.2, 0.25) is 0 Å². The minimum atomic E-state index is -0.341. The van der Waals surface area contributed by atoms with E-state index in [1.54, 1.807) is 7.11 Å². The van der Waals surface area contributed by atoms with Crippen LogP contribution in [0.5, 0.6) is 5.75 Å². The van der Waals surface area contributed by atoms with Gasteiger partial charge in [0.25, 0.3) is 0 Å². The van der Waals surface area contributed by atoms with Gasteiger partial charge in [0.05, 0.1) is 19.1 Å². The van der Waals surface area contributed by atoms with Gasteiger partial charge in [-0.1, -0.05) is 32.4 Å². The lowest BCUT2D eigenvalue weighted by atomic mass is 9.92. The minimum Gasteiger partial charge on any atom is -0.497 e. The van der Waals surface area contributed by atoms with Crippen LogP contribution in [-0.2, 0) is 9.59 Å². The van der Waals surface area contributed by atoms with Crippen LogP contribution in [0.1, 0.15) is 58.1 Å². The molecule has 1 aromatic carbocycles. The third-order valence-electron chi connectivity index (χ3n) is 4.98. The van der Waals surface area contributed by atoms with E-state index >= 15 is 0 Å². The predicted octanol–water partition coefficient (Wildman–Crippen LogP) is 3.30. The van der Waals surface area contributed by atoms with Crippen LogP contribution in [0.15, 0.2) is 24.3 Å². The zero-order valence-corrected chi connectivity index (χ0v) is 15.7. The van der Waals surface area contributed by atoms with Crippen molar-refractivity contribution in [2.75, 3.05) is 13.7 Å². The fraction of sp³-hybridized carbons (Fsp3) is 0.600. The van der Waals surface area contributed by atoms with Gasteiger partial charge < -0.3 is 15.0 Å². The fourth-order valence-corrected chi connectivity index (χ4v) is 3.28. The lowest BCUT2D eigenvalue weighted by Gasteiger charge is -2.29. The van der Waals surface area contributed by atoms with Crippen molar-refractivity contribution < 1.29 is 14.3 Å². The van der Waals surface area contributed by atoms with Crippen LogP contribution in [0.4, 0.5) is 0 Å². The molecule has 0 saturated carbocycles.